The molecule has 2 fully saturated rings. The van der Waals surface area contributed by atoms with Gasteiger partial charge in [0.2, 0.25) is 0 Å². The van der Waals surface area contributed by atoms with Gasteiger partial charge in [0.25, 0.3) is 0 Å². The number of piperidine rings is 1. The first kappa shape index (κ1) is 14.9. The molecule has 0 radical (unpaired) electrons. The Kier molecular flexibility index (Phi) is 3.71. The minimum Gasteiger partial charge on any atom is -0.354 e. The molecule has 0 spiro atoms. The van der Waals surface area contributed by atoms with Crippen LogP contribution in [0.1, 0.15) is 39.5 Å². The molecule has 0 aromatic carbocycles. The molecule has 4 heterocycles. The number of aromatic nitrogens is 4. The van der Waals surface area contributed by atoms with E-state index in [1.54, 1.807) is 6.33 Å². The Hall–Kier alpha value is -1.69. The highest BCUT2D eigenvalue weighted by atomic mass is 15.3. The van der Waals surface area contributed by atoms with Gasteiger partial charge in [-0.3, -0.25) is 9.58 Å². The minimum absolute atomic E-state index is 0.637. The number of nitrogens with zero attached hydrogens (tertiary/aromatic N) is 6. The minimum atomic E-state index is 0.637. The van der Waals surface area contributed by atoms with E-state index in [1.807, 2.05) is 17.9 Å². The number of likely N-dealkylation sites (tertiary alicyclic amines) is 1. The number of hydrogen-bond donors (Lipinski definition) is 0. The van der Waals surface area contributed by atoms with Crippen LogP contribution in [0, 0.1) is 0 Å². The van der Waals surface area contributed by atoms with Gasteiger partial charge < -0.3 is 4.90 Å². The van der Waals surface area contributed by atoms with Crippen LogP contribution in [-0.4, -0.2) is 55.9 Å². The Morgan fingerprint density at radius 3 is 2.65 bits per heavy atom. The fourth-order valence-electron chi connectivity index (χ4n) is 4.53. The highest BCUT2D eigenvalue weighted by molar-refractivity contribution is 5.86. The summed E-state index contributed by atoms with van der Waals surface area (Å²) in [6, 6.07) is 2.05. The highest BCUT2D eigenvalue weighted by Crippen LogP contribution is 2.32. The summed E-state index contributed by atoms with van der Waals surface area (Å²) in [4.78, 5) is 14.1. The topological polar surface area (TPSA) is 50.1 Å². The van der Waals surface area contributed by atoms with Crippen molar-refractivity contribution in [3.63, 3.8) is 0 Å². The van der Waals surface area contributed by atoms with Crippen molar-refractivity contribution >= 4 is 16.9 Å². The van der Waals surface area contributed by atoms with Crippen molar-refractivity contribution in [3.05, 3.63) is 12.5 Å². The van der Waals surface area contributed by atoms with Crippen LogP contribution in [0.2, 0.25) is 0 Å². The number of rotatable bonds is 2. The Balaban J connectivity index is 1.61. The van der Waals surface area contributed by atoms with Crippen molar-refractivity contribution in [2.45, 2.75) is 57.7 Å². The van der Waals surface area contributed by atoms with Crippen LogP contribution in [0.5, 0.6) is 0 Å². The molecular weight excluding hydrogens is 288 g/mol. The average Bonchev–Trinajstić information content (AvgIpc) is 3.10. The molecule has 0 N–H and O–H groups in total. The van der Waals surface area contributed by atoms with Gasteiger partial charge in [-0.2, -0.15) is 5.10 Å². The molecule has 2 aliphatic heterocycles. The van der Waals surface area contributed by atoms with Crippen LogP contribution in [0.25, 0.3) is 11.0 Å². The predicted molar refractivity (Wildman–Crippen MR) is 91.5 cm³/mol. The summed E-state index contributed by atoms with van der Waals surface area (Å²) in [5.41, 5.74) is 0.917. The standard InChI is InChI=1S/C17H26N6/c1-12-6-7-13(2)23(12)14-5-4-8-22(10-14)17-15-9-20-21(3)16(15)18-11-19-17/h9,11-14H,4-8,10H2,1-3H3/t12-,13+,14-/m1/s1. The van der Waals surface area contributed by atoms with E-state index in [9.17, 15) is 0 Å². The summed E-state index contributed by atoms with van der Waals surface area (Å²) in [5, 5.41) is 5.42. The van der Waals surface area contributed by atoms with E-state index >= 15 is 0 Å². The van der Waals surface area contributed by atoms with Crippen LogP contribution >= 0.6 is 0 Å². The molecule has 23 heavy (non-hydrogen) atoms. The molecule has 6 nitrogen and oxygen atoms in total. The van der Waals surface area contributed by atoms with Crippen molar-refractivity contribution in [2.75, 3.05) is 18.0 Å². The van der Waals surface area contributed by atoms with Gasteiger partial charge in [0.05, 0.1) is 11.6 Å². The normalized spacial score (nSPS) is 29.5. The molecule has 2 saturated heterocycles. The van der Waals surface area contributed by atoms with E-state index in [0.717, 1.165) is 29.9 Å². The van der Waals surface area contributed by atoms with Gasteiger partial charge in [-0.1, -0.05) is 0 Å². The molecule has 2 aromatic heterocycles. The number of aryl methyl sites for hydroxylation is 1. The zero-order valence-electron chi connectivity index (χ0n) is 14.3. The van der Waals surface area contributed by atoms with Crippen molar-refractivity contribution in [1.29, 1.82) is 0 Å². The van der Waals surface area contributed by atoms with E-state index in [4.69, 9.17) is 0 Å². The van der Waals surface area contributed by atoms with Crippen LogP contribution in [0.15, 0.2) is 12.5 Å². The van der Waals surface area contributed by atoms with Crippen LogP contribution in [0.4, 0.5) is 5.82 Å². The third-order valence-electron chi connectivity index (χ3n) is 5.65. The molecule has 2 aromatic rings. The van der Waals surface area contributed by atoms with E-state index in [2.05, 4.69) is 38.7 Å². The monoisotopic (exact) mass is 314 g/mol. The first-order valence-electron chi connectivity index (χ1n) is 8.80. The van der Waals surface area contributed by atoms with E-state index in [-0.39, 0.29) is 0 Å². The van der Waals surface area contributed by atoms with Crippen molar-refractivity contribution < 1.29 is 0 Å². The van der Waals surface area contributed by atoms with Gasteiger partial charge in [-0.15, -0.1) is 0 Å². The quantitative estimate of drug-likeness (QED) is 0.850. The molecule has 4 rings (SSSR count). The molecule has 0 amide bonds. The summed E-state index contributed by atoms with van der Waals surface area (Å²) in [7, 11) is 1.94. The Labute approximate surface area is 137 Å². The smallest absolute Gasteiger partial charge is 0.163 e. The largest absolute Gasteiger partial charge is 0.354 e. The van der Waals surface area contributed by atoms with Gasteiger partial charge >= 0.3 is 0 Å². The van der Waals surface area contributed by atoms with Crippen LogP contribution < -0.4 is 4.90 Å². The van der Waals surface area contributed by atoms with E-state index < -0.39 is 0 Å². The zero-order valence-corrected chi connectivity index (χ0v) is 14.3. The third-order valence-corrected chi connectivity index (χ3v) is 5.65. The molecule has 0 bridgehead atoms. The average molecular weight is 314 g/mol. The van der Waals surface area contributed by atoms with Gasteiger partial charge in [-0.25, -0.2) is 9.97 Å². The maximum absolute atomic E-state index is 4.59. The molecule has 0 saturated carbocycles. The lowest BCUT2D eigenvalue weighted by atomic mass is 10.0. The lowest BCUT2D eigenvalue weighted by Gasteiger charge is -2.42. The Morgan fingerprint density at radius 2 is 1.87 bits per heavy atom. The summed E-state index contributed by atoms with van der Waals surface area (Å²) < 4.78 is 1.83. The Morgan fingerprint density at radius 1 is 1.09 bits per heavy atom. The number of fused-ring (bicyclic) bond motifs is 1. The number of anilines is 1. The second-order valence-corrected chi connectivity index (χ2v) is 7.17. The summed E-state index contributed by atoms with van der Waals surface area (Å²) >= 11 is 0. The molecule has 124 valence electrons. The summed E-state index contributed by atoms with van der Waals surface area (Å²) in [6.45, 7) is 6.91. The summed E-state index contributed by atoms with van der Waals surface area (Å²) in [6.07, 6.45) is 8.76. The van der Waals surface area contributed by atoms with Crippen molar-refractivity contribution in [1.82, 2.24) is 24.6 Å². The molecule has 6 heteroatoms. The van der Waals surface area contributed by atoms with Crippen LogP contribution in [-0.2, 0) is 7.05 Å². The third kappa shape index (κ3) is 2.49. The number of hydrogen-bond acceptors (Lipinski definition) is 5. The summed E-state index contributed by atoms with van der Waals surface area (Å²) in [5.74, 6) is 1.05. The maximum atomic E-state index is 4.59. The van der Waals surface area contributed by atoms with Gasteiger partial charge in [-0.05, 0) is 39.5 Å². The maximum Gasteiger partial charge on any atom is 0.163 e. The SMILES string of the molecule is C[C@@H]1CC[C@H](C)N1[C@@H]1CCCN(c2ncnc3c2cnn3C)C1. The second-order valence-electron chi connectivity index (χ2n) is 7.17. The van der Waals surface area contributed by atoms with Crippen LogP contribution in [0.3, 0.4) is 0 Å². The molecule has 0 aliphatic carbocycles. The van der Waals surface area contributed by atoms with Crippen molar-refractivity contribution in [3.8, 4) is 0 Å². The molecule has 2 aliphatic rings. The van der Waals surface area contributed by atoms with E-state index in [1.165, 1.54) is 25.7 Å². The van der Waals surface area contributed by atoms with E-state index in [0.29, 0.717) is 18.1 Å². The molecule has 0 unspecified atom stereocenters. The molecular formula is C17H26N6. The second kappa shape index (κ2) is 5.74. The van der Waals surface area contributed by atoms with Crippen molar-refractivity contribution in [2.24, 2.45) is 7.05 Å². The van der Waals surface area contributed by atoms with Gasteiger partial charge in [0.1, 0.15) is 12.1 Å². The Bertz CT molecular complexity index is 685. The fourth-order valence-corrected chi connectivity index (χ4v) is 4.53. The zero-order chi connectivity index (χ0) is 16.0. The highest BCUT2D eigenvalue weighted by Gasteiger charge is 2.35. The lowest BCUT2D eigenvalue weighted by Crippen LogP contribution is -2.51. The predicted octanol–water partition coefficient (Wildman–Crippen LogP) is 2.20. The molecule has 3 atom stereocenters. The fraction of sp³-hybridized carbons (Fsp3) is 0.706. The van der Waals surface area contributed by atoms with Gasteiger partial charge in [0, 0.05) is 38.3 Å². The lowest BCUT2D eigenvalue weighted by molar-refractivity contribution is 0.129. The first-order chi connectivity index (χ1) is 11.1. The first-order valence-corrected chi connectivity index (χ1v) is 8.80. The van der Waals surface area contributed by atoms with Gasteiger partial charge in [0.15, 0.2) is 5.65 Å².